The number of carbonyl (C=O) groups is 1. The van der Waals surface area contributed by atoms with Gasteiger partial charge in [0.25, 0.3) is 5.91 Å². The number of benzene rings is 1. The van der Waals surface area contributed by atoms with Crippen LogP contribution in [-0.4, -0.2) is 40.7 Å². The summed E-state index contributed by atoms with van der Waals surface area (Å²) in [5.41, 5.74) is 2.38. The molecule has 1 amide bonds. The molecule has 3 atom stereocenters. The zero-order valence-electron chi connectivity index (χ0n) is 19.1. The average molecular weight is 440 g/mol. The van der Waals surface area contributed by atoms with Crippen molar-refractivity contribution >= 4 is 16.9 Å². The highest BCUT2D eigenvalue weighted by molar-refractivity contribution is 5.89. The number of aliphatic hydroxyl groups is 1. The Labute approximate surface area is 188 Å². The number of carbonyl (C=O) groups excluding carboxylic acids is 1. The van der Waals surface area contributed by atoms with Gasteiger partial charge in [-0.3, -0.25) is 4.79 Å². The van der Waals surface area contributed by atoms with E-state index >= 15 is 0 Å². The lowest BCUT2D eigenvalue weighted by atomic mass is 9.71. The van der Waals surface area contributed by atoms with Crippen molar-refractivity contribution in [1.29, 1.82) is 0 Å². The van der Waals surface area contributed by atoms with Crippen LogP contribution in [0.2, 0.25) is 0 Å². The van der Waals surface area contributed by atoms with Crippen molar-refractivity contribution in [1.82, 2.24) is 4.90 Å². The van der Waals surface area contributed by atoms with Gasteiger partial charge in [0.1, 0.15) is 11.3 Å². The van der Waals surface area contributed by atoms with Gasteiger partial charge in [-0.15, -0.1) is 0 Å². The zero-order chi connectivity index (χ0) is 22.5. The van der Waals surface area contributed by atoms with Gasteiger partial charge < -0.3 is 19.2 Å². The molecular weight excluding hydrogens is 406 g/mol. The molecule has 0 bridgehead atoms. The molecule has 0 radical (unpaired) electrons. The van der Waals surface area contributed by atoms with Crippen molar-refractivity contribution in [2.45, 2.75) is 83.3 Å². The third-order valence-corrected chi connectivity index (χ3v) is 7.82. The third kappa shape index (κ3) is 3.72. The molecule has 1 N–H and O–H groups in total. The number of hydrogen-bond acceptors (Lipinski definition) is 5. The van der Waals surface area contributed by atoms with Crippen LogP contribution < -0.4 is 10.4 Å². The highest BCUT2D eigenvalue weighted by atomic mass is 16.5. The molecule has 32 heavy (non-hydrogen) atoms. The first-order valence-corrected chi connectivity index (χ1v) is 12.1. The molecular formula is C26H33NO5. The van der Waals surface area contributed by atoms with E-state index < -0.39 is 11.7 Å². The minimum Gasteiger partial charge on any atom is -0.480 e. The van der Waals surface area contributed by atoms with Gasteiger partial charge in [-0.25, -0.2) is 4.79 Å². The summed E-state index contributed by atoms with van der Waals surface area (Å²) in [6, 6.07) is 3.82. The van der Waals surface area contributed by atoms with E-state index in [2.05, 4.69) is 0 Å². The highest BCUT2D eigenvalue weighted by Crippen LogP contribution is 2.40. The second-order valence-electron chi connectivity index (χ2n) is 10.0. The summed E-state index contributed by atoms with van der Waals surface area (Å²) in [6.07, 6.45) is 7.57. The molecule has 2 aliphatic carbocycles. The van der Waals surface area contributed by atoms with Gasteiger partial charge >= 0.3 is 5.63 Å². The van der Waals surface area contributed by atoms with E-state index in [4.69, 9.17) is 9.15 Å². The Hall–Kier alpha value is -2.34. The van der Waals surface area contributed by atoms with Crippen LogP contribution in [0.3, 0.4) is 0 Å². The van der Waals surface area contributed by atoms with Crippen LogP contribution in [0.5, 0.6) is 5.75 Å². The van der Waals surface area contributed by atoms with Crippen molar-refractivity contribution in [3.63, 3.8) is 0 Å². The summed E-state index contributed by atoms with van der Waals surface area (Å²) in [5, 5.41) is 11.8. The summed E-state index contributed by atoms with van der Waals surface area (Å²) in [6.45, 7) is 4.90. The van der Waals surface area contributed by atoms with Crippen LogP contribution in [0.4, 0.5) is 0 Å². The Morgan fingerprint density at radius 2 is 1.97 bits per heavy atom. The van der Waals surface area contributed by atoms with Crippen LogP contribution in [0.25, 0.3) is 11.0 Å². The standard InChI is InChI=1S/C26H33NO5/c1-16-13-21(23-19-8-3-4-9-20(19)25(29)32-22(23)14-16)31-17(2)24(28)27-12-11-26(30)10-6-5-7-18(26)15-27/h13-14,17-18,30H,3-12,15H2,1-2H3/t17-,18+,26+/m0/s1. The SMILES string of the molecule is Cc1cc(O[C@@H](C)C(=O)N2CC[C@]3(O)CCCC[C@@H]3C2)c2c3c(c(=O)oc2c1)CCCC3. The van der Waals surface area contributed by atoms with E-state index in [0.29, 0.717) is 30.8 Å². The molecule has 3 aliphatic rings. The Kier molecular flexibility index (Phi) is 5.52. The van der Waals surface area contributed by atoms with E-state index in [0.717, 1.165) is 73.4 Å². The first-order valence-electron chi connectivity index (χ1n) is 12.1. The fraction of sp³-hybridized carbons (Fsp3) is 0.615. The Morgan fingerprint density at radius 1 is 1.19 bits per heavy atom. The van der Waals surface area contributed by atoms with Gasteiger partial charge in [0, 0.05) is 24.6 Å². The minimum atomic E-state index is -0.652. The predicted molar refractivity (Wildman–Crippen MR) is 122 cm³/mol. The number of amides is 1. The number of rotatable bonds is 3. The summed E-state index contributed by atoms with van der Waals surface area (Å²) in [5.74, 6) is 0.731. The van der Waals surface area contributed by atoms with Crippen molar-refractivity contribution in [3.8, 4) is 5.75 Å². The molecule has 172 valence electrons. The summed E-state index contributed by atoms with van der Waals surface area (Å²) in [4.78, 5) is 27.6. The van der Waals surface area contributed by atoms with E-state index in [1.807, 2.05) is 24.0 Å². The lowest BCUT2D eigenvalue weighted by Gasteiger charge is -2.47. The summed E-state index contributed by atoms with van der Waals surface area (Å²) >= 11 is 0. The number of ether oxygens (including phenoxy) is 1. The molecule has 2 fully saturated rings. The predicted octanol–water partition coefficient (Wildman–Crippen LogP) is 3.90. The van der Waals surface area contributed by atoms with Gasteiger partial charge in [-0.05, 0) is 82.1 Å². The molecule has 1 aromatic carbocycles. The third-order valence-electron chi connectivity index (χ3n) is 7.82. The monoisotopic (exact) mass is 439 g/mol. The molecule has 6 heteroatoms. The number of likely N-dealkylation sites (tertiary alicyclic amines) is 1. The Morgan fingerprint density at radius 3 is 2.78 bits per heavy atom. The maximum atomic E-state index is 13.3. The number of fused-ring (bicyclic) bond motifs is 4. The number of nitrogens with zero attached hydrogens (tertiary/aromatic N) is 1. The van der Waals surface area contributed by atoms with Crippen LogP contribution in [-0.2, 0) is 17.6 Å². The fourth-order valence-electron chi connectivity index (χ4n) is 6.03. The van der Waals surface area contributed by atoms with Gasteiger partial charge in [-0.2, -0.15) is 0 Å². The molecule has 1 saturated heterocycles. The molecule has 2 heterocycles. The van der Waals surface area contributed by atoms with Crippen LogP contribution in [0.1, 0.15) is 68.6 Å². The smallest absolute Gasteiger partial charge is 0.339 e. The van der Waals surface area contributed by atoms with Gasteiger partial charge in [0.15, 0.2) is 6.10 Å². The number of piperidine rings is 1. The molecule has 1 aliphatic heterocycles. The second kappa shape index (κ2) is 8.22. The number of hydrogen-bond donors (Lipinski definition) is 1. The molecule has 6 nitrogen and oxygen atoms in total. The van der Waals surface area contributed by atoms with Crippen LogP contribution in [0, 0.1) is 12.8 Å². The Bertz CT molecular complexity index is 1110. The van der Waals surface area contributed by atoms with Gasteiger partial charge in [0.05, 0.1) is 11.0 Å². The van der Waals surface area contributed by atoms with E-state index in [1.165, 1.54) is 0 Å². The number of aryl methyl sites for hydroxylation is 2. The first kappa shape index (κ1) is 21.5. The van der Waals surface area contributed by atoms with Crippen molar-refractivity contribution in [2.24, 2.45) is 5.92 Å². The quantitative estimate of drug-likeness (QED) is 0.734. The molecule has 5 rings (SSSR count). The van der Waals surface area contributed by atoms with Crippen molar-refractivity contribution in [2.75, 3.05) is 13.1 Å². The molecule has 0 unspecified atom stereocenters. The highest BCUT2D eigenvalue weighted by Gasteiger charge is 2.44. The minimum absolute atomic E-state index is 0.0430. The molecule has 2 aromatic rings. The molecule has 1 aromatic heterocycles. The zero-order valence-corrected chi connectivity index (χ0v) is 19.1. The second-order valence-corrected chi connectivity index (χ2v) is 10.0. The van der Waals surface area contributed by atoms with Gasteiger partial charge in [0.2, 0.25) is 0 Å². The van der Waals surface area contributed by atoms with Crippen molar-refractivity contribution in [3.05, 3.63) is 39.2 Å². The summed E-state index contributed by atoms with van der Waals surface area (Å²) < 4.78 is 11.9. The van der Waals surface area contributed by atoms with Gasteiger partial charge in [-0.1, -0.05) is 12.8 Å². The normalized spacial score (nSPS) is 26.3. The van der Waals surface area contributed by atoms with E-state index in [1.54, 1.807) is 6.92 Å². The fourth-order valence-corrected chi connectivity index (χ4v) is 6.03. The van der Waals surface area contributed by atoms with Crippen LogP contribution in [0.15, 0.2) is 21.3 Å². The lowest BCUT2D eigenvalue weighted by molar-refractivity contribution is -0.149. The first-order chi connectivity index (χ1) is 15.4. The largest absolute Gasteiger partial charge is 0.480 e. The van der Waals surface area contributed by atoms with E-state index in [9.17, 15) is 14.7 Å². The topological polar surface area (TPSA) is 80.0 Å². The summed E-state index contributed by atoms with van der Waals surface area (Å²) in [7, 11) is 0. The van der Waals surface area contributed by atoms with Crippen LogP contribution >= 0.6 is 0 Å². The maximum Gasteiger partial charge on any atom is 0.339 e. The van der Waals surface area contributed by atoms with E-state index in [-0.39, 0.29) is 17.5 Å². The van der Waals surface area contributed by atoms with Crippen molar-refractivity contribution < 1.29 is 19.1 Å². The Balaban J connectivity index is 1.42. The average Bonchev–Trinajstić information content (AvgIpc) is 2.77. The maximum absolute atomic E-state index is 13.3. The molecule has 0 spiro atoms. The molecule has 1 saturated carbocycles. The lowest BCUT2D eigenvalue weighted by Crippen LogP contribution is -2.56.